The first-order valence-electron chi connectivity index (χ1n) is 10.3. The number of imide groups is 1. The summed E-state index contributed by atoms with van der Waals surface area (Å²) >= 11 is 0. The summed E-state index contributed by atoms with van der Waals surface area (Å²) in [4.78, 5) is 39.2. The lowest BCUT2D eigenvalue weighted by molar-refractivity contribution is -0.130. The molecule has 1 heterocycles. The quantitative estimate of drug-likeness (QED) is 0.460. The summed E-state index contributed by atoms with van der Waals surface area (Å²) in [5.41, 5.74) is 2.62. The van der Waals surface area contributed by atoms with E-state index in [1.807, 2.05) is 72.8 Å². The number of carbonyl (C=O) groups is 3. The topological polar surface area (TPSA) is 66.5 Å². The van der Waals surface area contributed by atoms with E-state index < -0.39 is 11.6 Å². The second-order valence-electron chi connectivity index (χ2n) is 8.01. The number of benzene rings is 3. The number of nitrogens with one attached hydrogen (secondary N) is 1. The predicted octanol–water partition coefficient (Wildman–Crippen LogP) is 4.48. The number of hydrogen-bond donors (Lipinski definition) is 1. The van der Waals surface area contributed by atoms with Gasteiger partial charge in [-0.3, -0.25) is 14.5 Å². The molecule has 4 rings (SSSR count). The molecule has 0 radical (unpaired) electrons. The maximum Gasteiger partial charge on any atom is 0.325 e. The van der Waals surface area contributed by atoms with Crippen molar-refractivity contribution in [1.29, 1.82) is 0 Å². The van der Waals surface area contributed by atoms with Crippen molar-refractivity contribution in [3.63, 3.8) is 0 Å². The smallest absolute Gasteiger partial charge is 0.323 e. The Kier molecular flexibility index (Phi) is 5.67. The second-order valence-corrected chi connectivity index (χ2v) is 8.01. The minimum atomic E-state index is -1.01. The Bertz CT molecular complexity index is 1090. The molecule has 31 heavy (non-hydrogen) atoms. The highest BCUT2D eigenvalue weighted by Crippen LogP contribution is 2.24. The summed E-state index contributed by atoms with van der Waals surface area (Å²) in [6, 6.07) is 26.4. The van der Waals surface area contributed by atoms with E-state index >= 15 is 0 Å². The van der Waals surface area contributed by atoms with E-state index in [-0.39, 0.29) is 18.2 Å². The maximum atomic E-state index is 13.0. The van der Waals surface area contributed by atoms with Gasteiger partial charge < -0.3 is 5.32 Å². The molecule has 0 aliphatic carbocycles. The molecule has 3 amide bonds. The Morgan fingerprint density at radius 3 is 2.06 bits per heavy atom. The summed E-state index contributed by atoms with van der Waals surface area (Å²) in [6.07, 6.45) is 1.13. The molecule has 5 heteroatoms. The van der Waals surface area contributed by atoms with Crippen molar-refractivity contribution in [3.8, 4) is 11.1 Å². The van der Waals surface area contributed by atoms with Crippen molar-refractivity contribution >= 4 is 17.7 Å². The van der Waals surface area contributed by atoms with Crippen LogP contribution >= 0.6 is 0 Å². The second kappa shape index (κ2) is 8.56. The van der Waals surface area contributed by atoms with Crippen LogP contribution in [0.15, 0.2) is 84.9 Å². The van der Waals surface area contributed by atoms with E-state index in [2.05, 4.69) is 5.32 Å². The maximum absolute atomic E-state index is 13.0. The normalized spacial score (nSPS) is 18.2. The van der Waals surface area contributed by atoms with E-state index in [1.165, 1.54) is 0 Å². The summed E-state index contributed by atoms with van der Waals surface area (Å²) in [7, 11) is 0. The van der Waals surface area contributed by atoms with Crippen molar-refractivity contribution < 1.29 is 14.4 Å². The molecule has 1 fully saturated rings. The van der Waals surface area contributed by atoms with E-state index in [0.29, 0.717) is 18.4 Å². The van der Waals surface area contributed by atoms with Crippen LogP contribution in [0.3, 0.4) is 0 Å². The Hall–Kier alpha value is -3.73. The molecule has 1 aliphatic heterocycles. The Labute approximate surface area is 181 Å². The van der Waals surface area contributed by atoms with Crippen molar-refractivity contribution in [3.05, 3.63) is 96.1 Å². The first-order chi connectivity index (χ1) is 15.0. The highest BCUT2D eigenvalue weighted by molar-refractivity contribution is 6.11. The molecular weight excluding hydrogens is 388 g/mol. The number of rotatable bonds is 7. The van der Waals surface area contributed by atoms with Crippen molar-refractivity contribution in [2.24, 2.45) is 0 Å². The molecule has 5 nitrogen and oxygen atoms in total. The van der Waals surface area contributed by atoms with Crippen LogP contribution in [-0.2, 0) is 11.2 Å². The number of urea groups is 1. The number of Topliss-reactive ketones (excluding diaryl/α,β-unsaturated/α-hetero) is 1. The minimum Gasteiger partial charge on any atom is -0.323 e. The molecule has 3 aromatic carbocycles. The number of nitrogens with zero attached hydrogens (tertiary/aromatic N) is 1. The number of amides is 3. The number of carbonyl (C=O) groups excluding carboxylic acids is 3. The van der Waals surface area contributed by atoms with Gasteiger partial charge in [0, 0.05) is 5.56 Å². The zero-order valence-corrected chi connectivity index (χ0v) is 17.4. The zero-order chi connectivity index (χ0) is 21.8. The third-order valence-corrected chi connectivity index (χ3v) is 5.72. The third kappa shape index (κ3) is 4.40. The average molecular weight is 412 g/mol. The minimum absolute atomic E-state index is 0.268. The van der Waals surface area contributed by atoms with Gasteiger partial charge in [-0.15, -0.1) is 0 Å². The number of ketones is 1. The van der Waals surface area contributed by atoms with Crippen molar-refractivity contribution in [2.45, 2.75) is 25.3 Å². The summed E-state index contributed by atoms with van der Waals surface area (Å²) in [5.74, 6) is -0.627. The molecule has 3 aromatic rings. The molecule has 1 saturated heterocycles. The van der Waals surface area contributed by atoms with Crippen LogP contribution in [0.1, 0.15) is 29.3 Å². The summed E-state index contributed by atoms with van der Waals surface area (Å²) in [6.45, 7) is 1.45. The van der Waals surface area contributed by atoms with Crippen molar-refractivity contribution in [2.75, 3.05) is 6.54 Å². The van der Waals surface area contributed by atoms with Gasteiger partial charge in [0.2, 0.25) is 0 Å². The van der Waals surface area contributed by atoms with E-state index in [1.54, 1.807) is 19.1 Å². The first-order valence-corrected chi connectivity index (χ1v) is 10.3. The van der Waals surface area contributed by atoms with Gasteiger partial charge in [0.15, 0.2) is 5.78 Å². The Morgan fingerprint density at radius 2 is 1.42 bits per heavy atom. The zero-order valence-electron chi connectivity index (χ0n) is 17.4. The van der Waals surface area contributed by atoms with Crippen LogP contribution in [-0.4, -0.2) is 34.7 Å². The fourth-order valence-electron chi connectivity index (χ4n) is 3.81. The van der Waals surface area contributed by atoms with Gasteiger partial charge in [-0.25, -0.2) is 4.79 Å². The highest BCUT2D eigenvalue weighted by atomic mass is 16.2. The molecule has 0 spiro atoms. The van der Waals surface area contributed by atoms with Crippen LogP contribution in [0.5, 0.6) is 0 Å². The monoisotopic (exact) mass is 412 g/mol. The molecule has 1 unspecified atom stereocenters. The van der Waals surface area contributed by atoms with Crippen LogP contribution in [0.2, 0.25) is 0 Å². The van der Waals surface area contributed by atoms with E-state index in [4.69, 9.17) is 0 Å². The van der Waals surface area contributed by atoms with Gasteiger partial charge >= 0.3 is 6.03 Å². The lowest BCUT2D eigenvalue weighted by Gasteiger charge is -2.21. The third-order valence-electron chi connectivity index (χ3n) is 5.72. The molecule has 0 saturated carbocycles. The SMILES string of the molecule is CC1(CCc2ccccc2)NC(=O)N(CC(=O)c2ccc(-c3ccccc3)cc2)C1=O. The lowest BCUT2D eigenvalue weighted by atomic mass is 9.93. The van der Waals surface area contributed by atoms with Crippen LogP contribution in [0.4, 0.5) is 4.79 Å². The van der Waals surface area contributed by atoms with Crippen molar-refractivity contribution in [1.82, 2.24) is 10.2 Å². The summed E-state index contributed by atoms with van der Waals surface area (Å²) < 4.78 is 0. The largest absolute Gasteiger partial charge is 0.325 e. The first kappa shape index (κ1) is 20.5. The van der Waals surface area contributed by atoms with Gasteiger partial charge in [0.25, 0.3) is 5.91 Å². The fourth-order valence-corrected chi connectivity index (χ4v) is 3.81. The van der Waals surface area contributed by atoms with Crippen LogP contribution < -0.4 is 5.32 Å². The van der Waals surface area contributed by atoms with E-state index in [9.17, 15) is 14.4 Å². The predicted molar refractivity (Wildman–Crippen MR) is 120 cm³/mol. The van der Waals surface area contributed by atoms with Crippen LogP contribution in [0, 0.1) is 0 Å². The van der Waals surface area contributed by atoms with E-state index in [0.717, 1.165) is 21.6 Å². The van der Waals surface area contributed by atoms with Gasteiger partial charge in [-0.05, 0) is 36.5 Å². The number of aryl methyl sites for hydroxylation is 1. The van der Waals surface area contributed by atoms with Gasteiger partial charge in [-0.1, -0.05) is 84.9 Å². The standard InChI is InChI=1S/C26H24N2O3/c1-26(17-16-19-8-4-2-5-9-19)24(30)28(25(31)27-26)18-23(29)22-14-12-21(13-15-22)20-10-6-3-7-11-20/h2-15H,16-18H2,1H3,(H,27,31). The van der Waals surface area contributed by atoms with Crippen LogP contribution in [0.25, 0.3) is 11.1 Å². The average Bonchev–Trinajstić information content (AvgIpc) is 3.02. The molecule has 0 aromatic heterocycles. The lowest BCUT2D eigenvalue weighted by Crippen LogP contribution is -2.44. The van der Waals surface area contributed by atoms with Gasteiger partial charge in [0.05, 0.1) is 6.54 Å². The molecule has 1 aliphatic rings. The molecule has 1 atom stereocenters. The molecular formula is C26H24N2O3. The van der Waals surface area contributed by atoms with Gasteiger partial charge in [0.1, 0.15) is 5.54 Å². The summed E-state index contributed by atoms with van der Waals surface area (Å²) in [5, 5.41) is 2.77. The van der Waals surface area contributed by atoms with Gasteiger partial charge in [-0.2, -0.15) is 0 Å². The highest BCUT2D eigenvalue weighted by Gasteiger charge is 2.47. The Morgan fingerprint density at radius 1 is 0.839 bits per heavy atom. The fraction of sp³-hybridized carbons (Fsp3) is 0.192. The molecule has 156 valence electrons. The number of hydrogen-bond acceptors (Lipinski definition) is 3. The molecule has 0 bridgehead atoms. The Balaban J connectivity index is 1.42. The molecule has 1 N–H and O–H groups in total.